The van der Waals surface area contributed by atoms with Gasteiger partial charge in [0.15, 0.2) is 0 Å². The van der Waals surface area contributed by atoms with E-state index in [1.807, 2.05) is 25.1 Å². The van der Waals surface area contributed by atoms with Crippen molar-refractivity contribution < 1.29 is 9.53 Å². The zero-order chi connectivity index (χ0) is 15.4. The molecule has 0 aliphatic heterocycles. The number of anilines is 3. The number of carbonyl (C=O) groups excluding carboxylic acids is 1. The monoisotopic (exact) mass is 349 g/mol. The normalized spacial score (nSPS) is 10.2. The Labute approximate surface area is 131 Å². The number of nitrogens with zero attached hydrogens (tertiary/aromatic N) is 1. The third-order valence-corrected chi connectivity index (χ3v) is 3.34. The average molecular weight is 350 g/mol. The standard InChI is InChI=1S/C15H16BrN3O2/c1-3-21-15(20)12-7-11(17)8-18-14(12)19-13-5-4-10(16)6-9(13)2/h4-8H,3,17H2,1-2H3,(H,18,19). The topological polar surface area (TPSA) is 77.2 Å². The third kappa shape index (κ3) is 3.72. The SMILES string of the molecule is CCOC(=O)c1cc(N)cnc1Nc1ccc(Br)cc1C. The van der Waals surface area contributed by atoms with Crippen LogP contribution in [0.1, 0.15) is 22.8 Å². The number of halogens is 1. The Morgan fingerprint density at radius 3 is 2.86 bits per heavy atom. The van der Waals surface area contributed by atoms with Crippen LogP contribution in [-0.2, 0) is 4.74 Å². The molecule has 0 amide bonds. The lowest BCUT2D eigenvalue weighted by molar-refractivity contribution is 0.0527. The van der Waals surface area contributed by atoms with Gasteiger partial charge in [0, 0.05) is 10.2 Å². The summed E-state index contributed by atoms with van der Waals surface area (Å²) in [5.41, 5.74) is 8.32. The third-order valence-electron chi connectivity index (χ3n) is 2.85. The van der Waals surface area contributed by atoms with E-state index in [1.54, 1.807) is 13.0 Å². The molecule has 5 nitrogen and oxygen atoms in total. The number of ether oxygens (including phenoxy) is 1. The summed E-state index contributed by atoms with van der Waals surface area (Å²) in [6, 6.07) is 7.36. The van der Waals surface area contributed by atoms with Gasteiger partial charge >= 0.3 is 5.97 Å². The Morgan fingerprint density at radius 1 is 1.43 bits per heavy atom. The molecular weight excluding hydrogens is 334 g/mol. The quantitative estimate of drug-likeness (QED) is 0.823. The van der Waals surface area contributed by atoms with Crippen LogP contribution in [0, 0.1) is 6.92 Å². The first-order valence-electron chi connectivity index (χ1n) is 6.47. The molecule has 1 heterocycles. The number of nitrogens with one attached hydrogen (secondary N) is 1. The van der Waals surface area contributed by atoms with Crippen molar-refractivity contribution in [3.8, 4) is 0 Å². The van der Waals surface area contributed by atoms with Crippen molar-refractivity contribution in [2.45, 2.75) is 13.8 Å². The van der Waals surface area contributed by atoms with Gasteiger partial charge in [-0.3, -0.25) is 0 Å². The summed E-state index contributed by atoms with van der Waals surface area (Å²) >= 11 is 3.42. The van der Waals surface area contributed by atoms with Gasteiger partial charge in [0.25, 0.3) is 0 Å². The zero-order valence-corrected chi connectivity index (χ0v) is 13.4. The molecule has 2 aromatic rings. The van der Waals surface area contributed by atoms with Crippen LogP contribution < -0.4 is 11.1 Å². The van der Waals surface area contributed by atoms with E-state index in [2.05, 4.69) is 26.2 Å². The Bertz CT molecular complexity index is 674. The highest BCUT2D eigenvalue weighted by atomic mass is 79.9. The Kier molecular flexibility index (Phi) is 4.80. The predicted molar refractivity (Wildman–Crippen MR) is 86.8 cm³/mol. The number of aromatic nitrogens is 1. The number of carbonyl (C=O) groups is 1. The second kappa shape index (κ2) is 6.58. The van der Waals surface area contributed by atoms with Crippen molar-refractivity contribution in [3.63, 3.8) is 0 Å². The van der Waals surface area contributed by atoms with Gasteiger partial charge in [-0.2, -0.15) is 0 Å². The molecule has 0 aliphatic rings. The van der Waals surface area contributed by atoms with Crippen LogP contribution in [0.4, 0.5) is 17.2 Å². The molecule has 0 aliphatic carbocycles. The first-order valence-corrected chi connectivity index (χ1v) is 7.26. The van der Waals surface area contributed by atoms with Gasteiger partial charge in [-0.25, -0.2) is 9.78 Å². The van der Waals surface area contributed by atoms with Crippen LogP contribution in [0.2, 0.25) is 0 Å². The van der Waals surface area contributed by atoms with Crippen molar-refractivity contribution in [2.75, 3.05) is 17.7 Å². The van der Waals surface area contributed by atoms with Crippen molar-refractivity contribution in [1.29, 1.82) is 0 Å². The second-order valence-electron chi connectivity index (χ2n) is 4.47. The molecule has 0 spiro atoms. The summed E-state index contributed by atoms with van der Waals surface area (Å²) in [7, 11) is 0. The number of hydrogen-bond donors (Lipinski definition) is 2. The van der Waals surface area contributed by atoms with E-state index >= 15 is 0 Å². The fourth-order valence-electron chi connectivity index (χ4n) is 1.84. The number of hydrogen-bond acceptors (Lipinski definition) is 5. The van der Waals surface area contributed by atoms with E-state index in [0.29, 0.717) is 23.7 Å². The minimum atomic E-state index is -0.449. The first kappa shape index (κ1) is 15.3. The van der Waals surface area contributed by atoms with Crippen molar-refractivity contribution in [1.82, 2.24) is 4.98 Å². The molecule has 21 heavy (non-hydrogen) atoms. The summed E-state index contributed by atoms with van der Waals surface area (Å²) in [6.07, 6.45) is 1.50. The molecule has 0 fully saturated rings. The molecule has 2 rings (SSSR count). The highest BCUT2D eigenvalue weighted by molar-refractivity contribution is 9.10. The molecule has 1 aromatic carbocycles. The summed E-state index contributed by atoms with van der Waals surface area (Å²) in [4.78, 5) is 16.2. The maximum absolute atomic E-state index is 12.0. The van der Waals surface area contributed by atoms with Gasteiger partial charge < -0.3 is 15.8 Å². The predicted octanol–water partition coefficient (Wildman–Crippen LogP) is 3.66. The molecule has 6 heteroatoms. The van der Waals surface area contributed by atoms with E-state index in [1.165, 1.54) is 6.20 Å². The number of rotatable bonds is 4. The molecule has 1 aromatic heterocycles. The van der Waals surface area contributed by atoms with E-state index in [-0.39, 0.29) is 0 Å². The Hall–Kier alpha value is -2.08. The molecule has 0 saturated heterocycles. The van der Waals surface area contributed by atoms with Crippen molar-refractivity contribution in [2.24, 2.45) is 0 Å². The van der Waals surface area contributed by atoms with Crippen LogP contribution in [0.3, 0.4) is 0 Å². The molecule has 0 radical (unpaired) electrons. The number of esters is 1. The molecule has 0 saturated carbocycles. The highest BCUT2D eigenvalue weighted by Gasteiger charge is 2.15. The van der Waals surface area contributed by atoms with Gasteiger partial charge in [-0.1, -0.05) is 15.9 Å². The maximum atomic E-state index is 12.0. The molecule has 110 valence electrons. The fraction of sp³-hybridized carbons (Fsp3) is 0.200. The number of benzene rings is 1. The van der Waals surface area contributed by atoms with E-state index in [0.717, 1.165) is 15.7 Å². The molecular formula is C15H16BrN3O2. The van der Waals surface area contributed by atoms with Crippen LogP contribution >= 0.6 is 15.9 Å². The average Bonchev–Trinajstić information content (AvgIpc) is 2.43. The Balaban J connectivity index is 2.37. The minimum absolute atomic E-state index is 0.296. The van der Waals surface area contributed by atoms with Crippen LogP contribution in [0.15, 0.2) is 34.9 Å². The van der Waals surface area contributed by atoms with Gasteiger partial charge in [0.2, 0.25) is 0 Å². The number of nitrogens with two attached hydrogens (primary N) is 1. The highest BCUT2D eigenvalue weighted by Crippen LogP contribution is 2.25. The molecule has 0 atom stereocenters. The lowest BCUT2D eigenvalue weighted by atomic mass is 10.2. The fourth-order valence-corrected chi connectivity index (χ4v) is 2.32. The van der Waals surface area contributed by atoms with E-state index in [4.69, 9.17) is 10.5 Å². The van der Waals surface area contributed by atoms with Crippen molar-refractivity contribution in [3.05, 3.63) is 46.1 Å². The summed E-state index contributed by atoms with van der Waals surface area (Å²) < 4.78 is 6.02. The molecule has 3 N–H and O–H groups in total. The Morgan fingerprint density at radius 2 is 2.19 bits per heavy atom. The lowest BCUT2D eigenvalue weighted by Crippen LogP contribution is -2.10. The first-order chi connectivity index (χ1) is 10.0. The maximum Gasteiger partial charge on any atom is 0.341 e. The van der Waals surface area contributed by atoms with Gasteiger partial charge in [0.05, 0.1) is 18.5 Å². The smallest absolute Gasteiger partial charge is 0.341 e. The van der Waals surface area contributed by atoms with Gasteiger partial charge in [0.1, 0.15) is 11.4 Å². The van der Waals surface area contributed by atoms with Crippen LogP contribution in [0.25, 0.3) is 0 Å². The second-order valence-corrected chi connectivity index (χ2v) is 5.39. The van der Waals surface area contributed by atoms with Gasteiger partial charge in [-0.05, 0) is 43.7 Å². The molecule has 0 unspecified atom stereocenters. The van der Waals surface area contributed by atoms with Crippen LogP contribution in [-0.4, -0.2) is 17.6 Å². The van der Waals surface area contributed by atoms with E-state index < -0.39 is 5.97 Å². The summed E-state index contributed by atoms with van der Waals surface area (Å²) in [6.45, 7) is 4.02. The number of pyridine rings is 1. The largest absolute Gasteiger partial charge is 0.462 e. The molecule has 0 bridgehead atoms. The lowest BCUT2D eigenvalue weighted by Gasteiger charge is -2.13. The van der Waals surface area contributed by atoms with Gasteiger partial charge in [-0.15, -0.1) is 0 Å². The summed E-state index contributed by atoms with van der Waals surface area (Å²) in [5.74, 6) is -0.0253. The summed E-state index contributed by atoms with van der Waals surface area (Å²) in [5, 5.41) is 3.15. The number of aryl methyl sites for hydroxylation is 1. The van der Waals surface area contributed by atoms with Crippen LogP contribution in [0.5, 0.6) is 0 Å². The number of nitrogen functional groups attached to an aromatic ring is 1. The van der Waals surface area contributed by atoms with Crippen molar-refractivity contribution >= 4 is 39.1 Å². The van der Waals surface area contributed by atoms with E-state index in [9.17, 15) is 4.79 Å². The zero-order valence-electron chi connectivity index (χ0n) is 11.8. The minimum Gasteiger partial charge on any atom is -0.462 e.